The molecule has 0 bridgehead atoms. The average Bonchev–Trinajstić information content (AvgIpc) is 2.60. The van der Waals surface area contributed by atoms with Crippen molar-refractivity contribution in [2.75, 3.05) is 13.7 Å². The van der Waals surface area contributed by atoms with Gasteiger partial charge in [-0.05, 0) is 0 Å². The molecule has 1 aromatic heterocycles. The van der Waals surface area contributed by atoms with Gasteiger partial charge in [0.05, 0.1) is 13.7 Å². The Morgan fingerprint density at radius 2 is 2.46 bits per heavy atom. The van der Waals surface area contributed by atoms with Gasteiger partial charge in [-0.15, -0.1) is 10.2 Å². The quantitative estimate of drug-likeness (QED) is 0.574. The van der Waals surface area contributed by atoms with E-state index in [0.29, 0.717) is 18.9 Å². The third-order valence-corrected chi connectivity index (χ3v) is 1.99. The Morgan fingerprint density at radius 1 is 1.62 bits per heavy atom. The third kappa shape index (κ3) is 1.29. The van der Waals surface area contributed by atoms with Crippen molar-refractivity contribution in [1.29, 1.82) is 0 Å². The molecule has 70 valence electrons. The minimum atomic E-state index is -0.430. The van der Waals surface area contributed by atoms with E-state index in [2.05, 4.69) is 20.3 Å². The van der Waals surface area contributed by atoms with Crippen molar-refractivity contribution < 1.29 is 9.53 Å². The van der Waals surface area contributed by atoms with Gasteiger partial charge in [0, 0.05) is 13.1 Å². The molecule has 0 fully saturated rings. The van der Waals surface area contributed by atoms with Gasteiger partial charge in [-0.2, -0.15) is 0 Å². The SMILES string of the molecule is COC(=O)c1nnc2n1CCNC2. The number of nitrogens with zero attached hydrogens (tertiary/aromatic N) is 3. The maximum atomic E-state index is 11.2. The van der Waals surface area contributed by atoms with Crippen LogP contribution < -0.4 is 5.32 Å². The fourth-order valence-electron chi connectivity index (χ4n) is 1.33. The number of carbonyl (C=O) groups is 1. The molecule has 6 nitrogen and oxygen atoms in total. The summed E-state index contributed by atoms with van der Waals surface area (Å²) in [6.45, 7) is 2.20. The van der Waals surface area contributed by atoms with E-state index in [1.165, 1.54) is 7.11 Å². The van der Waals surface area contributed by atoms with Crippen molar-refractivity contribution in [3.05, 3.63) is 11.6 Å². The largest absolute Gasteiger partial charge is 0.463 e. The number of nitrogens with one attached hydrogen (secondary N) is 1. The van der Waals surface area contributed by atoms with Crippen molar-refractivity contribution in [1.82, 2.24) is 20.1 Å². The Balaban J connectivity index is 2.36. The van der Waals surface area contributed by atoms with E-state index in [-0.39, 0.29) is 0 Å². The highest BCUT2D eigenvalue weighted by atomic mass is 16.5. The molecule has 0 saturated carbocycles. The minimum absolute atomic E-state index is 0.291. The Morgan fingerprint density at radius 3 is 3.23 bits per heavy atom. The fourth-order valence-corrected chi connectivity index (χ4v) is 1.33. The first-order chi connectivity index (χ1) is 6.33. The van der Waals surface area contributed by atoms with Gasteiger partial charge in [0.2, 0.25) is 5.82 Å². The zero-order chi connectivity index (χ0) is 9.26. The van der Waals surface area contributed by atoms with E-state index in [1.807, 2.05) is 0 Å². The first-order valence-electron chi connectivity index (χ1n) is 4.04. The molecule has 0 radical (unpaired) electrons. The number of ether oxygens (including phenoxy) is 1. The lowest BCUT2D eigenvalue weighted by atomic mass is 10.4. The van der Waals surface area contributed by atoms with Gasteiger partial charge in [0.1, 0.15) is 5.82 Å². The summed E-state index contributed by atoms with van der Waals surface area (Å²) < 4.78 is 6.36. The van der Waals surface area contributed by atoms with Gasteiger partial charge in [0.15, 0.2) is 0 Å². The number of hydrogen-bond donors (Lipinski definition) is 1. The van der Waals surface area contributed by atoms with Crippen molar-refractivity contribution in [3.63, 3.8) is 0 Å². The average molecular weight is 182 g/mol. The molecular formula is C7H10N4O2. The van der Waals surface area contributed by atoms with Crippen LogP contribution in [0.3, 0.4) is 0 Å². The maximum absolute atomic E-state index is 11.2. The molecule has 0 aromatic carbocycles. The van der Waals surface area contributed by atoms with E-state index in [9.17, 15) is 4.79 Å². The molecular weight excluding hydrogens is 172 g/mol. The van der Waals surface area contributed by atoms with Crippen LogP contribution in [0, 0.1) is 0 Å². The Labute approximate surface area is 74.9 Å². The number of rotatable bonds is 1. The molecule has 0 atom stereocenters. The van der Waals surface area contributed by atoms with Crippen molar-refractivity contribution >= 4 is 5.97 Å². The number of hydrogen-bond acceptors (Lipinski definition) is 5. The maximum Gasteiger partial charge on any atom is 0.376 e. The molecule has 1 aliphatic heterocycles. The number of methoxy groups -OCH3 is 1. The lowest BCUT2D eigenvalue weighted by molar-refractivity contribution is 0.0579. The second kappa shape index (κ2) is 3.14. The summed E-state index contributed by atoms with van der Waals surface area (Å²) in [6.07, 6.45) is 0. The minimum Gasteiger partial charge on any atom is -0.463 e. The van der Waals surface area contributed by atoms with Crippen LogP contribution in [0.4, 0.5) is 0 Å². The summed E-state index contributed by atoms with van der Waals surface area (Å²) in [4.78, 5) is 11.2. The van der Waals surface area contributed by atoms with Gasteiger partial charge in [-0.25, -0.2) is 4.79 Å². The molecule has 0 unspecified atom stereocenters. The molecule has 0 aliphatic carbocycles. The molecule has 0 amide bonds. The summed E-state index contributed by atoms with van der Waals surface area (Å²) in [5.74, 6) is 0.645. The highest BCUT2D eigenvalue weighted by molar-refractivity contribution is 5.85. The Hall–Kier alpha value is -1.43. The fraction of sp³-hybridized carbons (Fsp3) is 0.571. The highest BCUT2D eigenvalue weighted by Gasteiger charge is 2.20. The van der Waals surface area contributed by atoms with E-state index in [0.717, 1.165) is 12.4 Å². The molecule has 1 N–H and O–H groups in total. The molecule has 0 saturated heterocycles. The Bertz CT molecular complexity index is 333. The van der Waals surface area contributed by atoms with Crippen LogP contribution in [0.5, 0.6) is 0 Å². The highest BCUT2D eigenvalue weighted by Crippen LogP contribution is 2.06. The van der Waals surface area contributed by atoms with E-state index < -0.39 is 5.97 Å². The van der Waals surface area contributed by atoms with Crippen LogP contribution in [-0.2, 0) is 17.8 Å². The van der Waals surface area contributed by atoms with E-state index >= 15 is 0 Å². The Kier molecular flexibility index (Phi) is 1.97. The zero-order valence-corrected chi connectivity index (χ0v) is 7.28. The topological polar surface area (TPSA) is 69.0 Å². The van der Waals surface area contributed by atoms with Crippen LogP contribution in [0.15, 0.2) is 0 Å². The second-order valence-electron chi connectivity index (χ2n) is 2.76. The van der Waals surface area contributed by atoms with Crippen LogP contribution in [-0.4, -0.2) is 34.4 Å². The molecule has 1 aromatic rings. The number of carbonyl (C=O) groups excluding carboxylic acids is 1. The van der Waals surface area contributed by atoms with E-state index in [1.54, 1.807) is 4.57 Å². The van der Waals surface area contributed by atoms with Gasteiger partial charge < -0.3 is 14.6 Å². The predicted molar refractivity (Wildman–Crippen MR) is 43.1 cm³/mol. The monoisotopic (exact) mass is 182 g/mol. The van der Waals surface area contributed by atoms with Crippen molar-refractivity contribution in [2.24, 2.45) is 0 Å². The van der Waals surface area contributed by atoms with Crippen LogP contribution >= 0.6 is 0 Å². The summed E-state index contributed by atoms with van der Waals surface area (Å²) in [7, 11) is 1.34. The first-order valence-corrected chi connectivity index (χ1v) is 4.04. The van der Waals surface area contributed by atoms with Gasteiger partial charge in [0.25, 0.3) is 0 Å². The van der Waals surface area contributed by atoms with Crippen molar-refractivity contribution in [2.45, 2.75) is 13.1 Å². The molecule has 13 heavy (non-hydrogen) atoms. The molecule has 0 spiro atoms. The number of fused-ring (bicyclic) bond motifs is 1. The summed E-state index contributed by atoms with van der Waals surface area (Å²) in [5.41, 5.74) is 0. The van der Waals surface area contributed by atoms with Crippen LogP contribution in [0.1, 0.15) is 16.4 Å². The standard InChI is InChI=1S/C7H10N4O2/c1-13-7(12)6-10-9-5-4-8-2-3-11(5)6/h8H,2-4H2,1H3. The molecule has 6 heteroatoms. The molecule has 2 heterocycles. The summed E-state index contributed by atoms with van der Waals surface area (Å²) >= 11 is 0. The first kappa shape index (κ1) is 8.18. The van der Waals surface area contributed by atoms with Gasteiger partial charge in [-0.3, -0.25) is 0 Å². The van der Waals surface area contributed by atoms with Crippen molar-refractivity contribution in [3.8, 4) is 0 Å². The second-order valence-corrected chi connectivity index (χ2v) is 2.76. The summed E-state index contributed by atoms with van der Waals surface area (Å²) in [5, 5.41) is 10.8. The summed E-state index contributed by atoms with van der Waals surface area (Å²) in [6, 6.07) is 0. The predicted octanol–water partition coefficient (Wildman–Crippen LogP) is -0.832. The lowest BCUT2D eigenvalue weighted by Crippen LogP contribution is -2.30. The molecule has 1 aliphatic rings. The van der Waals surface area contributed by atoms with Crippen LogP contribution in [0.25, 0.3) is 0 Å². The van der Waals surface area contributed by atoms with Crippen LogP contribution in [0.2, 0.25) is 0 Å². The van der Waals surface area contributed by atoms with Gasteiger partial charge >= 0.3 is 5.97 Å². The number of aromatic nitrogens is 3. The number of esters is 1. The third-order valence-electron chi connectivity index (χ3n) is 1.99. The zero-order valence-electron chi connectivity index (χ0n) is 7.28. The van der Waals surface area contributed by atoms with E-state index in [4.69, 9.17) is 0 Å². The van der Waals surface area contributed by atoms with Gasteiger partial charge in [-0.1, -0.05) is 0 Å². The smallest absolute Gasteiger partial charge is 0.376 e. The lowest BCUT2D eigenvalue weighted by Gasteiger charge is -2.14. The molecule has 2 rings (SSSR count). The normalized spacial score (nSPS) is 15.2.